The van der Waals surface area contributed by atoms with Crippen LogP contribution in [-0.2, 0) is 4.79 Å². The molecular formula is C13H14O6. The Morgan fingerprint density at radius 1 is 1.16 bits per heavy atom. The Bertz CT molecular complexity index is 518. The number of hydrogen-bond donors (Lipinski definition) is 2. The van der Waals surface area contributed by atoms with E-state index in [0.29, 0.717) is 17.1 Å². The number of ether oxygens (including phenoxy) is 2. The van der Waals surface area contributed by atoms with Crippen LogP contribution in [-0.4, -0.2) is 36.4 Å². The first-order chi connectivity index (χ1) is 8.99. The summed E-state index contributed by atoms with van der Waals surface area (Å²) in [4.78, 5) is 21.6. The van der Waals surface area contributed by atoms with Gasteiger partial charge >= 0.3 is 11.9 Å². The van der Waals surface area contributed by atoms with Gasteiger partial charge in [0.05, 0.1) is 26.2 Å². The molecule has 0 bridgehead atoms. The minimum atomic E-state index is -1.13. The van der Waals surface area contributed by atoms with Gasteiger partial charge in [0.2, 0.25) is 0 Å². The number of aliphatic carboxylic acids is 1. The SMILES string of the molecule is COc1cc(C=CCC(=O)O)c(C(=O)O)cc1OC. The van der Waals surface area contributed by atoms with Crippen molar-refractivity contribution in [2.24, 2.45) is 0 Å². The molecule has 0 saturated carbocycles. The fourth-order valence-electron chi connectivity index (χ4n) is 1.50. The van der Waals surface area contributed by atoms with E-state index < -0.39 is 11.9 Å². The molecule has 19 heavy (non-hydrogen) atoms. The van der Waals surface area contributed by atoms with Crippen molar-refractivity contribution in [2.45, 2.75) is 6.42 Å². The first-order valence-corrected chi connectivity index (χ1v) is 5.37. The van der Waals surface area contributed by atoms with E-state index in [1.54, 1.807) is 0 Å². The third-order valence-corrected chi connectivity index (χ3v) is 2.38. The highest BCUT2D eigenvalue weighted by Crippen LogP contribution is 2.31. The van der Waals surface area contributed by atoms with Crippen molar-refractivity contribution < 1.29 is 29.3 Å². The molecule has 0 saturated heterocycles. The number of methoxy groups -OCH3 is 2. The third kappa shape index (κ3) is 3.74. The summed E-state index contributed by atoms with van der Waals surface area (Å²) in [6.07, 6.45) is 2.61. The van der Waals surface area contributed by atoms with Crippen LogP contribution >= 0.6 is 0 Å². The molecule has 0 radical (unpaired) electrons. The molecule has 0 heterocycles. The monoisotopic (exact) mass is 266 g/mol. The van der Waals surface area contributed by atoms with E-state index >= 15 is 0 Å². The van der Waals surface area contributed by atoms with Gasteiger partial charge in [0.1, 0.15) is 0 Å². The number of carbonyl (C=O) groups is 2. The molecule has 102 valence electrons. The molecule has 0 aliphatic heterocycles. The smallest absolute Gasteiger partial charge is 0.336 e. The summed E-state index contributed by atoms with van der Waals surface area (Å²) in [6.45, 7) is 0. The summed E-state index contributed by atoms with van der Waals surface area (Å²) in [5.41, 5.74) is 0.366. The van der Waals surface area contributed by atoms with Crippen molar-refractivity contribution in [3.63, 3.8) is 0 Å². The van der Waals surface area contributed by atoms with Crippen molar-refractivity contribution in [3.05, 3.63) is 29.3 Å². The van der Waals surface area contributed by atoms with E-state index in [1.165, 1.54) is 38.5 Å². The minimum absolute atomic E-state index is 0.0132. The summed E-state index contributed by atoms with van der Waals surface area (Å²) in [5, 5.41) is 17.7. The number of benzene rings is 1. The van der Waals surface area contributed by atoms with Gasteiger partial charge in [0.15, 0.2) is 11.5 Å². The van der Waals surface area contributed by atoms with Crippen molar-refractivity contribution >= 4 is 18.0 Å². The fraction of sp³-hybridized carbons (Fsp3) is 0.231. The maximum absolute atomic E-state index is 11.1. The molecule has 0 aliphatic carbocycles. The lowest BCUT2D eigenvalue weighted by molar-refractivity contribution is -0.135. The van der Waals surface area contributed by atoms with E-state index in [9.17, 15) is 9.59 Å². The summed E-state index contributed by atoms with van der Waals surface area (Å²) >= 11 is 0. The van der Waals surface area contributed by atoms with Crippen LogP contribution in [0.15, 0.2) is 18.2 Å². The highest BCUT2D eigenvalue weighted by molar-refractivity contribution is 5.93. The Hall–Kier alpha value is -2.50. The van der Waals surface area contributed by atoms with E-state index in [0.717, 1.165) is 0 Å². The van der Waals surface area contributed by atoms with Crippen LogP contribution in [0, 0.1) is 0 Å². The summed E-state index contributed by atoms with van der Waals surface area (Å²) in [5.74, 6) is -1.44. The average molecular weight is 266 g/mol. The van der Waals surface area contributed by atoms with Crippen LogP contribution in [0.25, 0.3) is 6.08 Å². The van der Waals surface area contributed by atoms with Crippen molar-refractivity contribution in [1.29, 1.82) is 0 Å². The van der Waals surface area contributed by atoms with Gasteiger partial charge in [0, 0.05) is 0 Å². The van der Waals surface area contributed by atoms with Gasteiger partial charge < -0.3 is 19.7 Å². The summed E-state index contributed by atoms with van der Waals surface area (Å²) in [6, 6.07) is 2.82. The molecule has 0 amide bonds. The van der Waals surface area contributed by atoms with Crippen LogP contribution in [0.2, 0.25) is 0 Å². The maximum atomic E-state index is 11.1. The highest BCUT2D eigenvalue weighted by Gasteiger charge is 2.14. The van der Waals surface area contributed by atoms with E-state index in [1.807, 2.05) is 0 Å². The standard InChI is InChI=1S/C13H14O6/c1-18-10-6-8(4-3-5-12(14)15)9(13(16)17)7-11(10)19-2/h3-4,6-7H,5H2,1-2H3,(H,14,15)(H,16,17). The molecule has 0 fully saturated rings. The zero-order chi connectivity index (χ0) is 14.4. The third-order valence-electron chi connectivity index (χ3n) is 2.38. The quantitative estimate of drug-likeness (QED) is 0.816. The lowest BCUT2D eigenvalue weighted by Crippen LogP contribution is -2.02. The van der Waals surface area contributed by atoms with E-state index in [4.69, 9.17) is 19.7 Å². The van der Waals surface area contributed by atoms with Crippen LogP contribution in [0.4, 0.5) is 0 Å². The summed E-state index contributed by atoms with van der Waals surface area (Å²) < 4.78 is 10.1. The van der Waals surface area contributed by atoms with E-state index in [-0.39, 0.29) is 12.0 Å². The fourth-order valence-corrected chi connectivity index (χ4v) is 1.50. The topological polar surface area (TPSA) is 93.1 Å². The van der Waals surface area contributed by atoms with Gasteiger partial charge in [-0.2, -0.15) is 0 Å². The zero-order valence-corrected chi connectivity index (χ0v) is 10.5. The Labute approximate surface area is 109 Å². The molecule has 1 rings (SSSR count). The zero-order valence-electron chi connectivity index (χ0n) is 10.5. The van der Waals surface area contributed by atoms with Crippen molar-refractivity contribution in [3.8, 4) is 11.5 Å². The maximum Gasteiger partial charge on any atom is 0.336 e. The van der Waals surface area contributed by atoms with Gasteiger partial charge in [0.25, 0.3) is 0 Å². The van der Waals surface area contributed by atoms with Crippen LogP contribution < -0.4 is 9.47 Å². The molecule has 0 spiro atoms. The molecule has 2 N–H and O–H groups in total. The first kappa shape index (κ1) is 14.6. The van der Waals surface area contributed by atoms with E-state index in [2.05, 4.69) is 0 Å². The molecule has 0 atom stereocenters. The lowest BCUT2D eigenvalue weighted by atomic mass is 10.1. The second kappa shape index (κ2) is 6.44. The number of carboxylic acids is 2. The molecular weight excluding hydrogens is 252 g/mol. The molecule has 6 heteroatoms. The van der Waals surface area contributed by atoms with Gasteiger partial charge in [-0.3, -0.25) is 4.79 Å². The average Bonchev–Trinajstić information content (AvgIpc) is 2.37. The molecule has 1 aromatic rings. The minimum Gasteiger partial charge on any atom is -0.493 e. The molecule has 0 aliphatic rings. The number of hydrogen-bond acceptors (Lipinski definition) is 4. The van der Waals surface area contributed by atoms with Crippen LogP contribution in [0.3, 0.4) is 0 Å². The Kier molecular flexibility index (Phi) is 4.93. The van der Waals surface area contributed by atoms with Gasteiger partial charge in [-0.25, -0.2) is 4.79 Å². The number of carboxylic acid groups (broad SMARTS) is 2. The molecule has 0 aromatic heterocycles. The molecule has 0 unspecified atom stereocenters. The summed E-state index contributed by atoms with van der Waals surface area (Å²) in [7, 11) is 2.84. The second-order valence-corrected chi connectivity index (χ2v) is 3.60. The molecule has 1 aromatic carbocycles. The van der Waals surface area contributed by atoms with Gasteiger partial charge in [-0.1, -0.05) is 12.2 Å². The predicted octanol–water partition coefficient (Wildman–Crippen LogP) is 1.89. The van der Waals surface area contributed by atoms with Crippen LogP contribution in [0.1, 0.15) is 22.3 Å². The Morgan fingerprint density at radius 3 is 2.21 bits per heavy atom. The Morgan fingerprint density at radius 2 is 1.74 bits per heavy atom. The predicted molar refractivity (Wildman–Crippen MR) is 67.8 cm³/mol. The van der Waals surface area contributed by atoms with Crippen LogP contribution in [0.5, 0.6) is 11.5 Å². The van der Waals surface area contributed by atoms with Gasteiger partial charge in [-0.15, -0.1) is 0 Å². The highest BCUT2D eigenvalue weighted by atomic mass is 16.5. The first-order valence-electron chi connectivity index (χ1n) is 5.37. The van der Waals surface area contributed by atoms with Crippen molar-refractivity contribution in [1.82, 2.24) is 0 Å². The van der Waals surface area contributed by atoms with Gasteiger partial charge in [-0.05, 0) is 17.7 Å². The lowest BCUT2D eigenvalue weighted by Gasteiger charge is -2.10. The molecule has 6 nitrogen and oxygen atoms in total. The largest absolute Gasteiger partial charge is 0.493 e. The second-order valence-electron chi connectivity index (χ2n) is 3.60. The van der Waals surface area contributed by atoms with Crippen molar-refractivity contribution in [2.75, 3.05) is 14.2 Å². The number of aromatic carboxylic acids is 1. The number of rotatable bonds is 6. The normalized spacial score (nSPS) is 10.4. The Balaban J connectivity index is 3.23.